The molecule has 0 aliphatic rings. The molecule has 0 aromatic carbocycles. The van der Waals surface area contributed by atoms with Crippen molar-refractivity contribution in [3.05, 3.63) is 0 Å². The van der Waals surface area contributed by atoms with Crippen molar-refractivity contribution in [3.8, 4) is 0 Å². The van der Waals surface area contributed by atoms with Crippen LogP contribution in [0.15, 0.2) is 0 Å². The van der Waals surface area contributed by atoms with Gasteiger partial charge in [0.05, 0.1) is 0 Å². The van der Waals surface area contributed by atoms with E-state index >= 15 is 0 Å². The Labute approximate surface area is 93.1 Å². The Balaban J connectivity index is 3.12. The van der Waals surface area contributed by atoms with Crippen LogP contribution in [0.4, 0.5) is 13.2 Å². The second-order valence-corrected chi connectivity index (χ2v) is 3.85. The van der Waals surface area contributed by atoms with E-state index in [4.69, 9.17) is 11.6 Å². The summed E-state index contributed by atoms with van der Waals surface area (Å²) in [6.07, 6.45) is -2.79. The van der Waals surface area contributed by atoms with Crippen molar-refractivity contribution in [2.24, 2.45) is 0 Å². The first-order chi connectivity index (χ1) is 6.95. The van der Waals surface area contributed by atoms with Crippen molar-refractivity contribution in [1.82, 2.24) is 5.32 Å². The predicted octanol–water partition coefficient (Wildman–Crippen LogP) is 2.56. The molecule has 92 valence electrons. The highest BCUT2D eigenvalue weighted by Crippen LogP contribution is 2.14. The van der Waals surface area contributed by atoms with E-state index in [1.54, 1.807) is 0 Å². The molecular formula is C9H17ClF3NO. The van der Waals surface area contributed by atoms with Gasteiger partial charge in [0.25, 0.3) is 0 Å². The molecule has 0 saturated heterocycles. The summed E-state index contributed by atoms with van der Waals surface area (Å²) in [5.74, 6) is 0. The fourth-order valence-corrected chi connectivity index (χ4v) is 0.999. The summed E-state index contributed by atoms with van der Waals surface area (Å²) in [5.41, 5.74) is 0. The lowest BCUT2D eigenvalue weighted by Gasteiger charge is -2.09. The van der Waals surface area contributed by atoms with Crippen molar-refractivity contribution >= 4 is 11.6 Å². The molecule has 0 aromatic heterocycles. The van der Waals surface area contributed by atoms with E-state index in [2.05, 4.69) is 10.1 Å². The van der Waals surface area contributed by atoms with Gasteiger partial charge in [-0.05, 0) is 19.4 Å². The first-order valence-corrected chi connectivity index (χ1v) is 5.38. The topological polar surface area (TPSA) is 21.3 Å². The quantitative estimate of drug-likeness (QED) is 0.526. The summed E-state index contributed by atoms with van der Waals surface area (Å²) in [6.45, 7) is 2.23. The molecule has 0 spiro atoms. The third-order valence-corrected chi connectivity index (χ3v) is 2.18. The summed E-state index contributed by atoms with van der Waals surface area (Å²) in [7, 11) is 0. The van der Waals surface area contributed by atoms with Crippen LogP contribution in [-0.4, -0.2) is 37.9 Å². The third kappa shape index (κ3) is 11.9. The zero-order chi connectivity index (χ0) is 11.7. The van der Waals surface area contributed by atoms with Crippen LogP contribution in [-0.2, 0) is 4.74 Å². The van der Waals surface area contributed by atoms with Crippen LogP contribution in [0.5, 0.6) is 0 Å². The average Bonchev–Trinajstić information content (AvgIpc) is 2.14. The molecule has 0 fully saturated rings. The standard InChI is InChI=1S/C9H17ClF3NO/c1-2-8(10)6-14-4-3-5-15-7-9(11,12)13/h8,14H,2-7H2,1H3. The first kappa shape index (κ1) is 15.0. The minimum absolute atomic E-state index is 0.0843. The Morgan fingerprint density at radius 3 is 2.60 bits per heavy atom. The molecule has 0 rings (SSSR count). The SMILES string of the molecule is CCC(Cl)CNCCCOCC(F)(F)F. The van der Waals surface area contributed by atoms with Gasteiger partial charge in [0, 0.05) is 18.5 Å². The molecule has 0 radical (unpaired) electrons. The molecular weight excluding hydrogens is 231 g/mol. The minimum Gasteiger partial charge on any atom is -0.372 e. The highest BCUT2D eigenvalue weighted by molar-refractivity contribution is 6.20. The highest BCUT2D eigenvalue weighted by atomic mass is 35.5. The Kier molecular flexibility index (Phi) is 8.19. The van der Waals surface area contributed by atoms with Crippen molar-refractivity contribution in [2.75, 3.05) is 26.3 Å². The van der Waals surface area contributed by atoms with Crippen LogP contribution in [0.1, 0.15) is 19.8 Å². The monoisotopic (exact) mass is 247 g/mol. The van der Waals surface area contributed by atoms with Crippen LogP contribution in [0.2, 0.25) is 0 Å². The third-order valence-electron chi connectivity index (χ3n) is 1.72. The fourth-order valence-electron chi connectivity index (χ4n) is 0.890. The molecule has 1 atom stereocenters. The summed E-state index contributed by atoms with van der Waals surface area (Å²) < 4.78 is 39.3. The van der Waals surface area contributed by atoms with Crippen molar-refractivity contribution in [2.45, 2.75) is 31.3 Å². The normalized spacial score (nSPS) is 14.2. The number of hydrogen-bond acceptors (Lipinski definition) is 2. The van der Waals surface area contributed by atoms with Gasteiger partial charge in [-0.3, -0.25) is 0 Å². The van der Waals surface area contributed by atoms with E-state index in [1.165, 1.54) is 0 Å². The van der Waals surface area contributed by atoms with Crippen LogP contribution in [0.25, 0.3) is 0 Å². The maximum atomic E-state index is 11.6. The molecule has 0 aliphatic heterocycles. The largest absolute Gasteiger partial charge is 0.411 e. The Morgan fingerprint density at radius 2 is 2.07 bits per heavy atom. The molecule has 0 heterocycles. The molecule has 2 nitrogen and oxygen atoms in total. The Bertz CT molecular complexity index is 155. The van der Waals surface area contributed by atoms with E-state index < -0.39 is 12.8 Å². The molecule has 0 aliphatic carbocycles. The van der Waals surface area contributed by atoms with Crippen LogP contribution in [0.3, 0.4) is 0 Å². The molecule has 0 saturated carbocycles. The zero-order valence-electron chi connectivity index (χ0n) is 8.74. The van der Waals surface area contributed by atoms with Crippen LogP contribution >= 0.6 is 11.6 Å². The molecule has 6 heteroatoms. The van der Waals surface area contributed by atoms with Crippen LogP contribution in [0, 0.1) is 0 Å². The molecule has 1 N–H and O–H groups in total. The van der Waals surface area contributed by atoms with E-state index in [-0.39, 0.29) is 12.0 Å². The number of rotatable bonds is 8. The molecule has 0 aromatic rings. The lowest BCUT2D eigenvalue weighted by molar-refractivity contribution is -0.173. The van der Waals surface area contributed by atoms with E-state index in [1.807, 2.05) is 6.92 Å². The molecule has 0 amide bonds. The predicted molar refractivity (Wildman–Crippen MR) is 54.3 cm³/mol. The van der Waals surface area contributed by atoms with E-state index in [9.17, 15) is 13.2 Å². The number of ether oxygens (including phenoxy) is 1. The minimum atomic E-state index is -4.23. The second kappa shape index (κ2) is 8.19. The number of nitrogens with one attached hydrogen (secondary N) is 1. The van der Waals surface area contributed by atoms with Gasteiger partial charge < -0.3 is 10.1 Å². The highest BCUT2D eigenvalue weighted by Gasteiger charge is 2.27. The van der Waals surface area contributed by atoms with E-state index in [0.29, 0.717) is 19.5 Å². The van der Waals surface area contributed by atoms with Crippen LogP contribution < -0.4 is 5.32 Å². The maximum Gasteiger partial charge on any atom is 0.411 e. The van der Waals surface area contributed by atoms with Gasteiger partial charge in [0.1, 0.15) is 6.61 Å². The summed E-state index contributed by atoms with van der Waals surface area (Å²) in [4.78, 5) is 0. The molecule has 0 bridgehead atoms. The van der Waals surface area contributed by atoms with Gasteiger partial charge in [0.15, 0.2) is 0 Å². The molecule has 1 unspecified atom stereocenters. The van der Waals surface area contributed by atoms with Gasteiger partial charge in [-0.15, -0.1) is 11.6 Å². The summed E-state index contributed by atoms with van der Waals surface area (Å²) in [6, 6.07) is 0. The van der Waals surface area contributed by atoms with Crippen molar-refractivity contribution in [3.63, 3.8) is 0 Å². The van der Waals surface area contributed by atoms with Gasteiger partial charge in [-0.2, -0.15) is 13.2 Å². The smallest absolute Gasteiger partial charge is 0.372 e. The fraction of sp³-hybridized carbons (Fsp3) is 1.00. The van der Waals surface area contributed by atoms with Crippen molar-refractivity contribution < 1.29 is 17.9 Å². The summed E-state index contributed by atoms with van der Waals surface area (Å²) in [5, 5.41) is 3.12. The summed E-state index contributed by atoms with van der Waals surface area (Å²) >= 11 is 5.82. The van der Waals surface area contributed by atoms with Gasteiger partial charge in [-0.25, -0.2) is 0 Å². The van der Waals surface area contributed by atoms with Gasteiger partial charge >= 0.3 is 6.18 Å². The number of hydrogen-bond donors (Lipinski definition) is 1. The number of halogens is 4. The lowest BCUT2D eigenvalue weighted by atomic mass is 10.3. The Hall–Kier alpha value is -0.0000000000000000555. The average molecular weight is 248 g/mol. The molecule has 15 heavy (non-hydrogen) atoms. The maximum absolute atomic E-state index is 11.6. The zero-order valence-corrected chi connectivity index (χ0v) is 9.50. The lowest BCUT2D eigenvalue weighted by Crippen LogP contribution is -2.25. The first-order valence-electron chi connectivity index (χ1n) is 4.95. The second-order valence-electron chi connectivity index (χ2n) is 3.23. The van der Waals surface area contributed by atoms with Gasteiger partial charge in [0.2, 0.25) is 0 Å². The number of alkyl halides is 4. The van der Waals surface area contributed by atoms with Gasteiger partial charge in [-0.1, -0.05) is 6.92 Å². The van der Waals surface area contributed by atoms with E-state index in [0.717, 1.165) is 6.42 Å². The van der Waals surface area contributed by atoms with Crippen molar-refractivity contribution in [1.29, 1.82) is 0 Å². The Morgan fingerprint density at radius 1 is 1.40 bits per heavy atom.